The van der Waals surface area contributed by atoms with E-state index in [1.807, 2.05) is 0 Å². The van der Waals surface area contributed by atoms with Gasteiger partial charge in [0.05, 0.1) is 5.69 Å². The second-order valence-corrected chi connectivity index (χ2v) is 5.45. The molecule has 2 amide bonds. The molecule has 4 nitrogen and oxygen atoms in total. The van der Waals surface area contributed by atoms with Crippen LogP contribution in [0, 0.1) is 5.82 Å². The molecule has 0 unspecified atom stereocenters. The average molecular weight is 329 g/mol. The molecule has 1 aromatic rings. The van der Waals surface area contributed by atoms with E-state index in [2.05, 4.69) is 26.6 Å². The van der Waals surface area contributed by atoms with E-state index >= 15 is 0 Å². The zero-order valence-corrected chi connectivity index (χ0v) is 11.8. The first-order chi connectivity index (χ1) is 9.06. The molecule has 0 atom stereocenters. The van der Waals surface area contributed by atoms with E-state index in [0.717, 1.165) is 25.7 Å². The van der Waals surface area contributed by atoms with Crippen molar-refractivity contribution in [2.75, 3.05) is 5.32 Å². The van der Waals surface area contributed by atoms with Gasteiger partial charge in [-0.25, -0.2) is 4.39 Å². The summed E-state index contributed by atoms with van der Waals surface area (Å²) in [4.78, 5) is 23.3. The van der Waals surface area contributed by atoms with Crippen molar-refractivity contribution in [3.8, 4) is 0 Å². The number of amides is 2. The monoisotopic (exact) mass is 328 g/mol. The number of nitrogens with one attached hydrogen (secondary N) is 2. The van der Waals surface area contributed by atoms with E-state index in [9.17, 15) is 14.0 Å². The quantitative estimate of drug-likeness (QED) is 0.820. The van der Waals surface area contributed by atoms with E-state index in [4.69, 9.17) is 0 Å². The molecule has 102 valence electrons. The lowest BCUT2D eigenvalue weighted by atomic mass is 10.2. The zero-order chi connectivity index (χ0) is 13.8. The van der Waals surface area contributed by atoms with Crippen molar-refractivity contribution in [3.05, 3.63) is 28.5 Å². The van der Waals surface area contributed by atoms with Gasteiger partial charge in [-0.1, -0.05) is 28.8 Å². The highest BCUT2D eigenvalue weighted by Gasteiger charge is 2.22. The van der Waals surface area contributed by atoms with E-state index in [1.165, 1.54) is 12.1 Å². The fourth-order valence-electron chi connectivity index (χ4n) is 2.09. The number of carbonyl (C=O) groups is 2. The van der Waals surface area contributed by atoms with Crippen molar-refractivity contribution >= 4 is 33.4 Å². The maximum atomic E-state index is 13.5. The van der Waals surface area contributed by atoms with Gasteiger partial charge in [-0.2, -0.15) is 0 Å². The van der Waals surface area contributed by atoms with Gasteiger partial charge in [-0.05, 0) is 31.0 Å². The zero-order valence-electron chi connectivity index (χ0n) is 10.2. The van der Waals surface area contributed by atoms with E-state index in [0.29, 0.717) is 4.47 Å². The topological polar surface area (TPSA) is 58.2 Å². The highest BCUT2D eigenvalue weighted by atomic mass is 79.9. The Kier molecular flexibility index (Phi) is 4.52. The van der Waals surface area contributed by atoms with Gasteiger partial charge in [0.1, 0.15) is 5.82 Å². The molecule has 1 saturated carbocycles. The Morgan fingerprint density at radius 2 is 1.89 bits per heavy atom. The summed E-state index contributed by atoms with van der Waals surface area (Å²) >= 11 is 3.12. The van der Waals surface area contributed by atoms with Gasteiger partial charge in [0, 0.05) is 10.5 Å². The molecule has 1 aromatic carbocycles. The molecule has 0 aliphatic heterocycles. The lowest BCUT2D eigenvalue weighted by Crippen LogP contribution is -2.40. The SMILES string of the molecule is O=C(Nc1ccc(Br)cc1F)C(=O)NC1CCCC1. The van der Waals surface area contributed by atoms with Crippen molar-refractivity contribution in [3.63, 3.8) is 0 Å². The lowest BCUT2D eigenvalue weighted by Gasteiger charge is -2.12. The van der Waals surface area contributed by atoms with Crippen LogP contribution < -0.4 is 10.6 Å². The molecular weight excluding hydrogens is 315 g/mol. The van der Waals surface area contributed by atoms with Gasteiger partial charge in [-0.3, -0.25) is 9.59 Å². The minimum absolute atomic E-state index is 0.00484. The molecule has 6 heteroatoms. The molecule has 19 heavy (non-hydrogen) atoms. The maximum absolute atomic E-state index is 13.5. The van der Waals surface area contributed by atoms with Crippen LogP contribution in [0.15, 0.2) is 22.7 Å². The number of carbonyl (C=O) groups excluding carboxylic acids is 2. The van der Waals surface area contributed by atoms with Crippen LogP contribution in [-0.2, 0) is 9.59 Å². The smallest absolute Gasteiger partial charge is 0.313 e. The molecule has 1 aliphatic rings. The number of halogens is 2. The summed E-state index contributed by atoms with van der Waals surface area (Å²) in [6, 6.07) is 4.28. The summed E-state index contributed by atoms with van der Waals surface area (Å²) in [5.74, 6) is -2.14. The summed E-state index contributed by atoms with van der Waals surface area (Å²) in [7, 11) is 0. The molecular formula is C13H14BrFN2O2. The first kappa shape index (κ1) is 14.0. The van der Waals surface area contributed by atoms with Crippen LogP contribution in [0.1, 0.15) is 25.7 Å². The minimum Gasteiger partial charge on any atom is -0.345 e. The van der Waals surface area contributed by atoms with Crippen molar-refractivity contribution in [1.29, 1.82) is 0 Å². The molecule has 2 N–H and O–H groups in total. The molecule has 0 spiro atoms. The molecule has 1 fully saturated rings. The standard InChI is InChI=1S/C13H14BrFN2O2/c14-8-5-6-11(10(15)7-8)17-13(19)12(18)16-9-3-1-2-4-9/h5-7,9H,1-4H2,(H,16,18)(H,17,19). The molecule has 2 rings (SSSR count). The van der Waals surface area contributed by atoms with Gasteiger partial charge in [-0.15, -0.1) is 0 Å². The Labute approximate surface area is 118 Å². The normalized spacial score (nSPS) is 15.3. The summed E-state index contributed by atoms with van der Waals surface area (Å²) in [5, 5.41) is 4.91. The fraction of sp³-hybridized carbons (Fsp3) is 0.385. The highest BCUT2D eigenvalue weighted by molar-refractivity contribution is 9.10. The average Bonchev–Trinajstić information content (AvgIpc) is 2.85. The van der Waals surface area contributed by atoms with Crippen LogP contribution in [0.4, 0.5) is 10.1 Å². The van der Waals surface area contributed by atoms with Crippen molar-refractivity contribution in [2.45, 2.75) is 31.7 Å². The number of anilines is 1. The van der Waals surface area contributed by atoms with Crippen molar-refractivity contribution in [2.24, 2.45) is 0 Å². The van der Waals surface area contributed by atoms with Gasteiger partial charge >= 0.3 is 11.8 Å². The third kappa shape index (κ3) is 3.76. The molecule has 1 aliphatic carbocycles. The van der Waals surface area contributed by atoms with E-state index < -0.39 is 17.6 Å². The van der Waals surface area contributed by atoms with Crippen LogP contribution in [0.2, 0.25) is 0 Å². The van der Waals surface area contributed by atoms with Gasteiger partial charge in [0.25, 0.3) is 0 Å². The van der Waals surface area contributed by atoms with Gasteiger partial charge in [0.2, 0.25) is 0 Å². The molecule has 0 heterocycles. The largest absolute Gasteiger partial charge is 0.345 e. The number of hydrogen-bond acceptors (Lipinski definition) is 2. The van der Waals surface area contributed by atoms with Crippen LogP contribution >= 0.6 is 15.9 Å². The molecule has 0 radical (unpaired) electrons. The van der Waals surface area contributed by atoms with Crippen LogP contribution in [0.3, 0.4) is 0 Å². The van der Waals surface area contributed by atoms with E-state index in [-0.39, 0.29) is 11.7 Å². The predicted octanol–water partition coefficient (Wildman–Crippen LogP) is 2.59. The Hall–Kier alpha value is -1.43. The highest BCUT2D eigenvalue weighted by Crippen LogP contribution is 2.20. The lowest BCUT2D eigenvalue weighted by molar-refractivity contribution is -0.136. The molecule has 0 saturated heterocycles. The predicted molar refractivity (Wildman–Crippen MR) is 73.1 cm³/mol. The Bertz CT molecular complexity index is 501. The number of hydrogen-bond donors (Lipinski definition) is 2. The first-order valence-corrected chi connectivity index (χ1v) is 6.92. The van der Waals surface area contributed by atoms with E-state index in [1.54, 1.807) is 6.07 Å². The Balaban J connectivity index is 1.94. The second kappa shape index (κ2) is 6.14. The summed E-state index contributed by atoms with van der Waals surface area (Å²) < 4.78 is 14.1. The number of benzene rings is 1. The number of rotatable bonds is 2. The second-order valence-electron chi connectivity index (χ2n) is 4.53. The van der Waals surface area contributed by atoms with Gasteiger partial charge < -0.3 is 10.6 Å². The summed E-state index contributed by atoms with van der Waals surface area (Å²) in [6.45, 7) is 0. The summed E-state index contributed by atoms with van der Waals surface area (Å²) in [5.41, 5.74) is -0.00484. The van der Waals surface area contributed by atoms with Crippen LogP contribution in [0.25, 0.3) is 0 Å². The minimum atomic E-state index is -0.840. The third-order valence-corrected chi connectivity index (χ3v) is 3.57. The molecule has 0 bridgehead atoms. The summed E-state index contributed by atoms with van der Waals surface area (Å²) in [6.07, 6.45) is 3.92. The Morgan fingerprint density at radius 1 is 1.21 bits per heavy atom. The first-order valence-electron chi connectivity index (χ1n) is 6.13. The third-order valence-electron chi connectivity index (χ3n) is 3.08. The van der Waals surface area contributed by atoms with Gasteiger partial charge in [0.15, 0.2) is 0 Å². The molecule has 0 aromatic heterocycles. The van der Waals surface area contributed by atoms with Crippen LogP contribution in [0.5, 0.6) is 0 Å². The Morgan fingerprint density at radius 3 is 2.53 bits per heavy atom. The van der Waals surface area contributed by atoms with Crippen molar-refractivity contribution in [1.82, 2.24) is 5.32 Å². The van der Waals surface area contributed by atoms with Crippen LogP contribution in [-0.4, -0.2) is 17.9 Å². The fourth-order valence-corrected chi connectivity index (χ4v) is 2.42. The van der Waals surface area contributed by atoms with Crippen molar-refractivity contribution < 1.29 is 14.0 Å². The maximum Gasteiger partial charge on any atom is 0.313 e.